The van der Waals surface area contributed by atoms with E-state index in [1.165, 1.54) is 11.3 Å². The molecule has 0 saturated heterocycles. The summed E-state index contributed by atoms with van der Waals surface area (Å²) in [6.07, 6.45) is 5.00. The van der Waals surface area contributed by atoms with E-state index in [0.717, 1.165) is 47.1 Å². The lowest BCUT2D eigenvalue weighted by Crippen LogP contribution is -2.59. The lowest BCUT2D eigenvalue weighted by atomic mass is 9.61. The van der Waals surface area contributed by atoms with Gasteiger partial charge in [-0.25, -0.2) is 9.20 Å². The molecule has 0 saturated carbocycles. The van der Waals surface area contributed by atoms with E-state index in [2.05, 4.69) is 103 Å². The summed E-state index contributed by atoms with van der Waals surface area (Å²) >= 11 is 0. The van der Waals surface area contributed by atoms with Crippen LogP contribution in [0.5, 0.6) is 0 Å². The van der Waals surface area contributed by atoms with E-state index < -0.39 is 0 Å². The molecule has 2 aliphatic rings. The highest BCUT2D eigenvalue weighted by Gasteiger charge is 2.58. The van der Waals surface area contributed by atoms with Crippen molar-refractivity contribution >= 4 is 16.6 Å². The third-order valence-corrected chi connectivity index (χ3v) is 9.63. The molecule has 0 N–H and O–H groups in total. The monoisotopic (exact) mass is 460 g/mol. The molecule has 4 heteroatoms. The van der Waals surface area contributed by atoms with E-state index in [1.54, 1.807) is 0 Å². The predicted octanol–water partition coefficient (Wildman–Crippen LogP) is 6.20. The standard InChI is InChI=1S/C30H42N3O/c1-12-29(10)18-16-20(26(3,4)5)31-19-14-15-32-23-22(27(6,7)17-28(23,8)9)25(34)33(24(32)21(18)19)30(29,11)13-2/h14-16H,12-13,17H2,1-11H3/q+1. The maximum absolute atomic E-state index is 14.6. The summed E-state index contributed by atoms with van der Waals surface area (Å²) in [5, 5.41) is 1.16. The van der Waals surface area contributed by atoms with E-state index in [4.69, 9.17) is 4.98 Å². The zero-order valence-electron chi connectivity index (χ0n) is 23.1. The number of nitrogens with zero attached hydrogens (tertiary/aromatic N) is 3. The van der Waals surface area contributed by atoms with Crippen molar-refractivity contribution in [3.63, 3.8) is 0 Å². The fourth-order valence-electron chi connectivity index (χ4n) is 7.57. The molecule has 34 heavy (non-hydrogen) atoms. The Labute approximate surface area is 204 Å². The molecule has 0 amide bonds. The topological polar surface area (TPSA) is 39.0 Å². The molecule has 4 nitrogen and oxygen atoms in total. The highest BCUT2D eigenvalue weighted by atomic mass is 16.1. The first-order chi connectivity index (χ1) is 15.5. The van der Waals surface area contributed by atoms with Crippen LogP contribution in [0.15, 0.2) is 23.1 Å². The van der Waals surface area contributed by atoms with Crippen molar-refractivity contribution in [3.8, 4) is 0 Å². The molecule has 182 valence electrons. The first kappa shape index (κ1) is 23.5. The van der Waals surface area contributed by atoms with Crippen LogP contribution in [0.1, 0.15) is 118 Å². The summed E-state index contributed by atoms with van der Waals surface area (Å²) in [7, 11) is 0. The van der Waals surface area contributed by atoms with Gasteiger partial charge in [-0.05, 0) is 37.8 Å². The van der Waals surface area contributed by atoms with Crippen LogP contribution in [0.2, 0.25) is 0 Å². The van der Waals surface area contributed by atoms with Crippen molar-refractivity contribution < 1.29 is 4.40 Å². The van der Waals surface area contributed by atoms with Crippen molar-refractivity contribution in [1.29, 1.82) is 0 Å². The molecule has 0 bridgehead atoms. The Kier molecular flexibility index (Phi) is 4.49. The zero-order valence-corrected chi connectivity index (χ0v) is 23.1. The summed E-state index contributed by atoms with van der Waals surface area (Å²) < 4.78 is 4.55. The first-order valence-electron chi connectivity index (χ1n) is 13.1. The highest BCUT2D eigenvalue weighted by Crippen LogP contribution is 2.53. The van der Waals surface area contributed by atoms with Crippen LogP contribution in [-0.2, 0) is 27.2 Å². The van der Waals surface area contributed by atoms with Gasteiger partial charge in [0, 0.05) is 33.4 Å². The zero-order chi connectivity index (χ0) is 25.2. The fourth-order valence-corrected chi connectivity index (χ4v) is 7.57. The van der Waals surface area contributed by atoms with Crippen LogP contribution in [0.4, 0.5) is 0 Å². The molecule has 5 rings (SSSR count). The SMILES string of the molecule is CCC1(C)c2cc(C(C)(C)C)nc3cc[n+]4c5c(c(=O)n(c4c23)C1(C)CC)C(C)(C)CC5(C)C. The Balaban J connectivity index is 2.14. The van der Waals surface area contributed by atoms with Gasteiger partial charge in [0.2, 0.25) is 0 Å². The largest absolute Gasteiger partial charge is 0.342 e. The molecule has 0 spiro atoms. The smallest absolute Gasteiger partial charge is 0.252 e. The molecule has 4 heterocycles. The van der Waals surface area contributed by atoms with Crippen LogP contribution in [0.25, 0.3) is 16.6 Å². The van der Waals surface area contributed by atoms with Crippen LogP contribution >= 0.6 is 0 Å². The van der Waals surface area contributed by atoms with Gasteiger partial charge in [-0.15, -0.1) is 0 Å². The second kappa shape index (κ2) is 6.50. The van der Waals surface area contributed by atoms with Crippen molar-refractivity contribution in [1.82, 2.24) is 9.55 Å². The van der Waals surface area contributed by atoms with Gasteiger partial charge in [-0.2, -0.15) is 4.57 Å². The lowest BCUT2D eigenvalue weighted by molar-refractivity contribution is -0.530. The molecule has 3 aromatic heterocycles. The van der Waals surface area contributed by atoms with Gasteiger partial charge in [0.05, 0.1) is 22.7 Å². The molecule has 0 fully saturated rings. The van der Waals surface area contributed by atoms with E-state index in [-0.39, 0.29) is 32.8 Å². The Morgan fingerprint density at radius 2 is 1.68 bits per heavy atom. The van der Waals surface area contributed by atoms with E-state index >= 15 is 0 Å². The van der Waals surface area contributed by atoms with Gasteiger partial charge in [0.25, 0.3) is 5.65 Å². The molecule has 0 aromatic carbocycles. The quantitative estimate of drug-likeness (QED) is 0.337. The summed E-state index contributed by atoms with van der Waals surface area (Å²) in [5.74, 6) is 0. The molecular weight excluding hydrogens is 418 g/mol. The third kappa shape index (κ3) is 2.58. The number of hydrogen-bond donors (Lipinski definition) is 0. The third-order valence-electron chi connectivity index (χ3n) is 9.63. The highest BCUT2D eigenvalue weighted by molar-refractivity contribution is 5.95. The van der Waals surface area contributed by atoms with Crippen LogP contribution in [0.3, 0.4) is 0 Å². The molecule has 3 aromatic rings. The van der Waals surface area contributed by atoms with Gasteiger partial charge in [-0.1, -0.05) is 69.2 Å². The number of pyridine rings is 2. The molecule has 1 aliphatic carbocycles. The second-order valence-electron chi connectivity index (χ2n) is 13.7. The van der Waals surface area contributed by atoms with E-state index in [0.29, 0.717) is 0 Å². The number of fused-ring (bicyclic) bond motifs is 2. The van der Waals surface area contributed by atoms with Crippen LogP contribution in [0, 0.1) is 0 Å². The fraction of sp³-hybridized carbons (Fsp3) is 0.633. The second-order valence-corrected chi connectivity index (χ2v) is 13.7. The Bertz CT molecular complexity index is 1440. The van der Waals surface area contributed by atoms with Crippen molar-refractivity contribution in [2.75, 3.05) is 0 Å². The van der Waals surface area contributed by atoms with Gasteiger partial charge in [0.15, 0.2) is 0 Å². The van der Waals surface area contributed by atoms with E-state index in [9.17, 15) is 4.79 Å². The molecule has 2 atom stereocenters. The Morgan fingerprint density at radius 3 is 2.24 bits per heavy atom. The van der Waals surface area contributed by atoms with Gasteiger partial charge >= 0.3 is 5.56 Å². The van der Waals surface area contributed by atoms with Crippen molar-refractivity contribution in [2.45, 2.75) is 123 Å². The molecule has 1 aliphatic heterocycles. The lowest BCUT2D eigenvalue weighted by Gasteiger charge is -2.47. The van der Waals surface area contributed by atoms with Crippen molar-refractivity contribution in [2.24, 2.45) is 0 Å². The number of aromatic nitrogens is 3. The van der Waals surface area contributed by atoms with Crippen LogP contribution < -0.4 is 9.96 Å². The summed E-state index contributed by atoms with van der Waals surface area (Å²) in [6, 6.07) is 4.54. The number of hydrogen-bond acceptors (Lipinski definition) is 2. The molecule has 0 radical (unpaired) electrons. The normalized spacial score (nSPS) is 27.0. The van der Waals surface area contributed by atoms with Gasteiger partial charge < -0.3 is 0 Å². The van der Waals surface area contributed by atoms with Gasteiger partial charge in [-0.3, -0.25) is 4.98 Å². The Morgan fingerprint density at radius 1 is 1.03 bits per heavy atom. The summed E-state index contributed by atoms with van der Waals surface area (Å²) in [5.41, 5.74) is 6.05. The van der Waals surface area contributed by atoms with Crippen molar-refractivity contribution in [3.05, 3.63) is 51.2 Å². The Hall–Kier alpha value is -2.23. The predicted molar refractivity (Wildman–Crippen MR) is 140 cm³/mol. The maximum Gasteiger partial charge on any atom is 0.342 e. The molecule has 2 unspecified atom stereocenters. The minimum Gasteiger partial charge on any atom is -0.252 e. The average molecular weight is 461 g/mol. The summed E-state index contributed by atoms with van der Waals surface area (Å²) in [4.78, 5) is 19.8. The first-order valence-corrected chi connectivity index (χ1v) is 13.1. The minimum atomic E-state index is -0.348. The van der Waals surface area contributed by atoms with Gasteiger partial charge in [0.1, 0.15) is 11.2 Å². The maximum atomic E-state index is 14.6. The minimum absolute atomic E-state index is 0.0505. The number of rotatable bonds is 2. The molecular formula is C30H42N3O+. The van der Waals surface area contributed by atoms with Crippen LogP contribution in [-0.4, -0.2) is 9.55 Å². The average Bonchev–Trinajstić information content (AvgIpc) is 2.94. The van der Waals surface area contributed by atoms with E-state index in [1.807, 2.05) is 0 Å². The summed E-state index contributed by atoms with van der Waals surface area (Å²) in [6.45, 7) is 25.0.